The first-order valence-electron chi connectivity index (χ1n) is 7.26. The molecule has 0 N–H and O–H groups in total. The van der Waals surface area contributed by atoms with E-state index in [0.717, 1.165) is 0 Å². The first-order chi connectivity index (χ1) is 11.8. The fourth-order valence-electron chi connectivity index (χ4n) is 2.64. The predicted octanol–water partition coefficient (Wildman–Crippen LogP) is 2.65. The fraction of sp³-hybridized carbons (Fsp3) is 0.0588. The summed E-state index contributed by atoms with van der Waals surface area (Å²) in [6.07, 6.45) is 6.60. The van der Waals surface area contributed by atoms with Crippen molar-refractivity contribution in [2.45, 2.75) is 6.54 Å². The highest BCUT2D eigenvalue weighted by molar-refractivity contribution is 5.51. The number of fused-ring (bicyclic) bond motifs is 1. The van der Waals surface area contributed by atoms with Crippen LogP contribution in [0.15, 0.2) is 55.1 Å². The van der Waals surface area contributed by atoms with Crippen molar-refractivity contribution in [2.75, 3.05) is 0 Å². The molecule has 4 rings (SSSR count). The summed E-state index contributed by atoms with van der Waals surface area (Å²) < 4.78 is 17.5. The van der Waals surface area contributed by atoms with Crippen molar-refractivity contribution in [1.29, 1.82) is 5.26 Å². The highest BCUT2D eigenvalue weighted by Crippen LogP contribution is 2.20. The van der Waals surface area contributed by atoms with Gasteiger partial charge in [0.25, 0.3) is 0 Å². The molecular weight excluding hydrogens is 307 g/mol. The number of halogens is 1. The average molecular weight is 318 g/mol. The Bertz CT molecular complexity index is 1070. The predicted molar refractivity (Wildman–Crippen MR) is 84.4 cm³/mol. The number of hydrogen-bond acceptors (Lipinski definition) is 4. The lowest BCUT2D eigenvalue weighted by molar-refractivity contribution is 0.621. The second kappa shape index (κ2) is 5.59. The molecule has 0 atom stereocenters. The zero-order valence-corrected chi connectivity index (χ0v) is 12.5. The highest BCUT2D eigenvalue weighted by atomic mass is 19.1. The Labute approximate surface area is 136 Å². The van der Waals surface area contributed by atoms with Crippen molar-refractivity contribution < 1.29 is 4.39 Å². The Kier molecular flexibility index (Phi) is 3.28. The van der Waals surface area contributed by atoms with Gasteiger partial charge in [-0.1, -0.05) is 6.07 Å². The summed E-state index contributed by atoms with van der Waals surface area (Å²) in [5.74, 6) is -0.0468. The van der Waals surface area contributed by atoms with Gasteiger partial charge in [0.1, 0.15) is 23.1 Å². The van der Waals surface area contributed by atoms with Crippen LogP contribution >= 0.6 is 0 Å². The van der Waals surface area contributed by atoms with E-state index < -0.39 is 5.82 Å². The van der Waals surface area contributed by atoms with Gasteiger partial charge < -0.3 is 4.57 Å². The normalized spacial score (nSPS) is 10.8. The maximum Gasteiger partial charge on any atom is 0.162 e. The number of imidazole rings is 2. The lowest BCUT2D eigenvalue weighted by Crippen LogP contribution is -2.05. The van der Waals surface area contributed by atoms with Gasteiger partial charge >= 0.3 is 0 Å². The Hall–Kier alpha value is -3.53. The van der Waals surface area contributed by atoms with Gasteiger partial charge in [0.15, 0.2) is 11.6 Å². The standard InChI is InChI=1S/C17H11FN6/c18-12-4-3-6-20-16(12)17-21-7-9-23(17)11-13-14(10-19)24-8-2-1-5-15(24)22-13/h1-9H,11H2. The molecule has 0 aliphatic carbocycles. The molecule has 24 heavy (non-hydrogen) atoms. The van der Waals surface area contributed by atoms with Gasteiger partial charge in [0, 0.05) is 24.8 Å². The van der Waals surface area contributed by atoms with Gasteiger partial charge in [-0.25, -0.2) is 19.3 Å². The van der Waals surface area contributed by atoms with E-state index >= 15 is 0 Å². The molecule has 7 heteroatoms. The van der Waals surface area contributed by atoms with E-state index in [1.807, 2.05) is 18.2 Å². The maximum atomic E-state index is 14.0. The number of hydrogen-bond donors (Lipinski definition) is 0. The monoisotopic (exact) mass is 318 g/mol. The molecule has 0 radical (unpaired) electrons. The van der Waals surface area contributed by atoms with E-state index in [1.165, 1.54) is 18.3 Å². The maximum absolute atomic E-state index is 14.0. The summed E-state index contributed by atoms with van der Waals surface area (Å²) >= 11 is 0. The molecule has 4 heterocycles. The molecule has 0 fully saturated rings. The van der Waals surface area contributed by atoms with Crippen molar-refractivity contribution in [2.24, 2.45) is 0 Å². The number of aromatic nitrogens is 5. The molecule has 0 aliphatic rings. The van der Waals surface area contributed by atoms with Crippen LogP contribution in [-0.2, 0) is 6.54 Å². The third kappa shape index (κ3) is 2.21. The Morgan fingerprint density at radius 2 is 2.00 bits per heavy atom. The minimum absolute atomic E-state index is 0.171. The summed E-state index contributed by atoms with van der Waals surface area (Å²) in [5, 5.41) is 9.46. The van der Waals surface area contributed by atoms with E-state index in [0.29, 0.717) is 29.4 Å². The van der Waals surface area contributed by atoms with Crippen LogP contribution in [-0.4, -0.2) is 23.9 Å². The van der Waals surface area contributed by atoms with E-state index in [4.69, 9.17) is 0 Å². The van der Waals surface area contributed by atoms with E-state index in [-0.39, 0.29) is 5.69 Å². The fourth-order valence-corrected chi connectivity index (χ4v) is 2.64. The third-order valence-electron chi connectivity index (χ3n) is 3.71. The lowest BCUT2D eigenvalue weighted by atomic mass is 10.3. The van der Waals surface area contributed by atoms with Gasteiger partial charge in [0.05, 0.1) is 12.2 Å². The minimum atomic E-state index is -0.444. The van der Waals surface area contributed by atoms with E-state index in [9.17, 15) is 9.65 Å². The van der Waals surface area contributed by atoms with Gasteiger partial charge in [-0.05, 0) is 24.3 Å². The molecule has 0 aromatic carbocycles. The molecule has 116 valence electrons. The first kappa shape index (κ1) is 14.1. The zero-order valence-electron chi connectivity index (χ0n) is 12.5. The Morgan fingerprint density at radius 3 is 2.83 bits per heavy atom. The van der Waals surface area contributed by atoms with Crippen molar-refractivity contribution >= 4 is 5.65 Å². The largest absolute Gasteiger partial charge is 0.323 e. The summed E-state index contributed by atoms with van der Waals surface area (Å²) in [6, 6.07) is 10.6. The molecular formula is C17H11FN6. The number of nitrogens with zero attached hydrogens (tertiary/aromatic N) is 6. The van der Waals surface area contributed by atoms with Crippen molar-refractivity contribution in [3.8, 4) is 17.6 Å². The Balaban J connectivity index is 1.80. The number of rotatable bonds is 3. The third-order valence-corrected chi connectivity index (χ3v) is 3.71. The van der Waals surface area contributed by atoms with Gasteiger partial charge in [-0.3, -0.25) is 4.40 Å². The molecule has 0 aliphatic heterocycles. The summed E-state index contributed by atoms with van der Waals surface area (Å²) in [6.45, 7) is 0.302. The molecule has 0 bridgehead atoms. The van der Waals surface area contributed by atoms with Crippen LogP contribution in [0.1, 0.15) is 11.4 Å². The summed E-state index contributed by atoms with van der Waals surface area (Å²) in [5.41, 5.74) is 1.91. The van der Waals surface area contributed by atoms with Crippen LogP contribution in [0.4, 0.5) is 4.39 Å². The topological polar surface area (TPSA) is 71.8 Å². The van der Waals surface area contributed by atoms with Crippen LogP contribution in [0.25, 0.3) is 17.2 Å². The van der Waals surface area contributed by atoms with Gasteiger partial charge in [-0.15, -0.1) is 0 Å². The second-order valence-corrected chi connectivity index (χ2v) is 5.16. The van der Waals surface area contributed by atoms with Gasteiger partial charge in [-0.2, -0.15) is 5.26 Å². The molecule has 6 nitrogen and oxygen atoms in total. The van der Waals surface area contributed by atoms with Crippen molar-refractivity contribution in [3.63, 3.8) is 0 Å². The highest BCUT2D eigenvalue weighted by Gasteiger charge is 2.16. The summed E-state index contributed by atoms with van der Waals surface area (Å²) in [4.78, 5) is 12.7. The average Bonchev–Trinajstić information content (AvgIpc) is 3.19. The molecule has 0 amide bonds. The smallest absolute Gasteiger partial charge is 0.162 e. The molecule has 4 aromatic rings. The second-order valence-electron chi connectivity index (χ2n) is 5.16. The SMILES string of the molecule is N#Cc1c(Cn2ccnc2-c2ncccc2F)nc2ccccn12. The quantitative estimate of drug-likeness (QED) is 0.582. The van der Waals surface area contributed by atoms with Crippen LogP contribution in [0.2, 0.25) is 0 Å². The van der Waals surface area contributed by atoms with E-state index in [2.05, 4.69) is 21.0 Å². The molecule has 0 saturated carbocycles. The number of nitriles is 1. The first-order valence-corrected chi connectivity index (χ1v) is 7.26. The molecule has 4 aromatic heterocycles. The number of pyridine rings is 2. The van der Waals surface area contributed by atoms with Crippen LogP contribution in [0, 0.1) is 17.1 Å². The van der Waals surface area contributed by atoms with Crippen molar-refractivity contribution in [1.82, 2.24) is 23.9 Å². The lowest BCUT2D eigenvalue weighted by Gasteiger charge is -2.06. The van der Waals surface area contributed by atoms with E-state index in [1.54, 1.807) is 27.6 Å². The minimum Gasteiger partial charge on any atom is -0.323 e. The van der Waals surface area contributed by atoms with Crippen LogP contribution in [0.5, 0.6) is 0 Å². The molecule has 0 saturated heterocycles. The Morgan fingerprint density at radius 1 is 1.08 bits per heavy atom. The van der Waals surface area contributed by atoms with Crippen molar-refractivity contribution in [3.05, 3.63) is 72.3 Å². The zero-order chi connectivity index (χ0) is 16.5. The van der Waals surface area contributed by atoms with Crippen LogP contribution in [0.3, 0.4) is 0 Å². The van der Waals surface area contributed by atoms with Crippen LogP contribution < -0.4 is 0 Å². The molecule has 0 unspecified atom stereocenters. The summed E-state index contributed by atoms with van der Waals surface area (Å²) in [7, 11) is 0. The van der Waals surface area contributed by atoms with Gasteiger partial charge in [0.2, 0.25) is 0 Å². The molecule has 0 spiro atoms.